The summed E-state index contributed by atoms with van der Waals surface area (Å²) < 4.78 is 45.7. The number of hydrogen-bond acceptors (Lipinski definition) is 2. The molecule has 0 aromatic rings. The molecule has 4 N–H and O–H groups in total. The molecule has 0 unspecified atom stereocenters. The quantitative estimate of drug-likeness (QED) is 0.271. The van der Waals surface area contributed by atoms with Crippen LogP contribution in [-0.4, -0.2) is 115 Å². The van der Waals surface area contributed by atoms with E-state index in [2.05, 4.69) is 0 Å². The summed E-state index contributed by atoms with van der Waals surface area (Å²) >= 11 is -5.22. The van der Waals surface area contributed by atoms with Crippen molar-refractivity contribution in [1.82, 2.24) is 0 Å². The van der Waals surface area contributed by atoms with Crippen LogP contribution in [-0.2, 0) is 22.7 Å². The number of rotatable bonds is 0. The second-order valence-corrected chi connectivity index (χ2v) is 1.38. The van der Waals surface area contributed by atoms with E-state index in [1.54, 1.807) is 0 Å². The molecule has 11 heavy (non-hydrogen) atoms. The summed E-state index contributed by atoms with van der Waals surface area (Å²) in [6.45, 7) is 0. The average molecular weight is 236 g/mol. The van der Waals surface area contributed by atoms with Crippen LogP contribution in [0.15, 0.2) is 0 Å². The zero-order valence-corrected chi connectivity index (χ0v) is 5.05. The van der Waals surface area contributed by atoms with E-state index in [4.69, 9.17) is 26.6 Å². The standard InChI is InChI=1S/3Na.2H2O3S.3H/c;;;2*1-4(2)3;;;/h;;;2*(H2,1,2,3);;;. The van der Waals surface area contributed by atoms with Crippen LogP contribution in [0.3, 0.4) is 0 Å². The average Bonchev–Trinajstić information content (AvgIpc) is 1.25. The normalized spacial score (nSPS) is 6.36. The van der Waals surface area contributed by atoms with E-state index < -0.39 is 22.7 Å². The fraction of sp³-hybridized carbons (Fsp3) is 0. The molecule has 0 rings (SSSR count). The van der Waals surface area contributed by atoms with Crippen molar-refractivity contribution >= 4 is 111 Å². The second kappa shape index (κ2) is 23.2. The Kier molecular flexibility index (Phi) is 61.6. The molecule has 0 aliphatic heterocycles. The molecule has 0 aliphatic carbocycles. The van der Waals surface area contributed by atoms with Crippen molar-refractivity contribution in [2.24, 2.45) is 0 Å². The zero-order valence-electron chi connectivity index (χ0n) is 3.42. The molecule has 0 saturated carbocycles. The molecule has 0 aliphatic rings. The summed E-state index contributed by atoms with van der Waals surface area (Å²) in [5, 5.41) is 0. The molecule has 0 bridgehead atoms. The van der Waals surface area contributed by atoms with Crippen molar-refractivity contribution in [2.75, 3.05) is 0 Å². The first-order valence-corrected chi connectivity index (χ1v) is 3.19. The third-order valence-electron chi connectivity index (χ3n) is 0. The molecule has 0 saturated heterocycles. The van der Waals surface area contributed by atoms with E-state index in [0.29, 0.717) is 0 Å². The Bertz CT molecular complexity index is 73.8. The van der Waals surface area contributed by atoms with Gasteiger partial charge >= 0.3 is 88.7 Å². The van der Waals surface area contributed by atoms with Crippen LogP contribution in [0.1, 0.15) is 0 Å². The van der Waals surface area contributed by atoms with E-state index in [-0.39, 0.29) is 88.7 Å². The van der Waals surface area contributed by atoms with Gasteiger partial charge in [-0.1, -0.05) is 0 Å². The van der Waals surface area contributed by atoms with Crippen molar-refractivity contribution in [3.63, 3.8) is 0 Å². The van der Waals surface area contributed by atoms with Crippen molar-refractivity contribution in [3.05, 3.63) is 0 Å². The first-order valence-electron chi connectivity index (χ1n) is 1.06. The molecule has 0 aromatic heterocycles. The van der Waals surface area contributed by atoms with Crippen molar-refractivity contribution in [2.45, 2.75) is 0 Å². The second-order valence-electron chi connectivity index (χ2n) is 0.461. The van der Waals surface area contributed by atoms with Gasteiger partial charge in [-0.2, -0.15) is 8.42 Å². The van der Waals surface area contributed by atoms with E-state index in [0.717, 1.165) is 0 Å². The third kappa shape index (κ3) is 165. The first kappa shape index (κ1) is 29.2. The molecule has 0 aromatic carbocycles. The Morgan fingerprint density at radius 1 is 0.636 bits per heavy atom. The fourth-order valence-corrected chi connectivity index (χ4v) is 0. The van der Waals surface area contributed by atoms with Crippen LogP contribution >= 0.6 is 0 Å². The molecule has 0 heterocycles. The minimum atomic E-state index is -2.61. The van der Waals surface area contributed by atoms with Crippen LogP contribution in [0.2, 0.25) is 0 Å². The van der Waals surface area contributed by atoms with Gasteiger partial charge in [0.2, 0.25) is 0 Å². The van der Waals surface area contributed by atoms with Crippen LogP contribution in [0.4, 0.5) is 0 Å². The molecule has 0 amide bonds. The van der Waals surface area contributed by atoms with Crippen LogP contribution in [0.25, 0.3) is 0 Å². The van der Waals surface area contributed by atoms with Crippen molar-refractivity contribution in [1.29, 1.82) is 0 Å². The topological polar surface area (TPSA) is 115 Å². The molecule has 11 heteroatoms. The number of hydrogen-bond donors (Lipinski definition) is 4. The Labute approximate surface area is 135 Å². The van der Waals surface area contributed by atoms with Gasteiger partial charge in [-0.25, -0.2) is 0 Å². The van der Waals surface area contributed by atoms with Gasteiger partial charge in [-0.05, 0) is 0 Å². The molecule has 0 fully saturated rings. The Morgan fingerprint density at radius 3 is 0.636 bits per heavy atom. The van der Waals surface area contributed by atoms with Gasteiger partial charge in [-0.3, -0.25) is 18.2 Å². The van der Waals surface area contributed by atoms with E-state index >= 15 is 0 Å². The monoisotopic (exact) mass is 236 g/mol. The van der Waals surface area contributed by atoms with Gasteiger partial charge in [0, 0.05) is 0 Å². The molecule has 0 spiro atoms. The summed E-state index contributed by atoms with van der Waals surface area (Å²) in [5.74, 6) is 0. The summed E-state index contributed by atoms with van der Waals surface area (Å²) in [7, 11) is 0. The molecule has 0 atom stereocenters. The Hall–Kier alpha value is 3.14. The van der Waals surface area contributed by atoms with Crippen LogP contribution in [0.5, 0.6) is 0 Å². The minimum absolute atomic E-state index is 0. The van der Waals surface area contributed by atoms with E-state index in [1.165, 1.54) is 0 Å². The van der Waals surface area contributed by atoms with Gasteiger partial charge in [0.15, 0.2) is 0 Å². The van der Waals surface area contributed by atoms with E-state index in [9.17, 15) is 0 Å². The maximum atomic E-state index is 8.67. The Morgan fingerprint density at radius 2 is 0.636 bits per heavy atom. The molecular weight excluding hydrogens is 229 g/mol. The summed E-state index contributed by atoms with van der Waals surface area (Å²) in [6, 6.07) is 0. The van der Waals surface area contributed by atoms with Crippen molar-refractivity contribution in [3.8, 4) is 0 Å². The van der Waals surface area contributed by atoms with Crippen molar-refractivity contribution < 1.29 is 26.6 Å². The molecule has 0 radical (unpaired) electrons. The van der Waals surface area contributed by atoms with Crippen LogP contribution in [0, 0.1) is 0 Å². The predicted octanol–water partition coefficient (Wildman–Crippen LogP) is -2.58. The third-order valence-corrected chi connectivity index (χ3v) is 0. The van der Waals surface area contributed by atoms with E-state index in [1.807, 2.05) is 0 Å². The van der Waals surface area contributed by atoms with Gasteiger partial charge in [-0.15, -0.1) is 0 Å². The first-order chi connectivity index (χ1) is 3.46. The van der Waals surface area contributed by atoms with Gasteiger partial charge < -0.3 is 0 Å². The molecule has 58 valence electrons. The summed E-state index contributed by atoms with van der Waals surface area (Å²) in [5.41, 5.74) is 0. The maximum absolute atomic E-state index is 8.67. The predicted molar refractivity (Wildman–Crippen MR) is 48.2 cm³/mol. The van der Waals surface area contributed by atoms with Gasteiger partial charge in [0.05, 0.1) is 0 Å². The summed E-state index contributed by atoms with van der Waals surface area (Å²) in [6.07, 6.45) is 0. The summed E-state index contributed by atoms with van der Waals surface area (Å²) in [4.78, 5) is 0. The SMILES string of the molecule is O=S(O)O.O=S(O)O.[NaH].[NaH].[NaH]. The van der Waals surface area contributed by atoms with Gasteiger partial charge in [0.25, 0.3) is 22.7 Å². The molecule has 6 nitrogen and oxygen atoms in total. The molecular formula is H7Na3O6S2. The Balaban J connectivity index is -0.0000000171. The van der Waals surface area contributed by atoms with Crippen LogP contribution < -0.4 is 0 Å². The zero-order chi connectivity index (χ0) is 7.15. The fourth-order valence-electron chi connectivity index (χ4n) is 0. The van der Waals surface area contributed by atoms with Gasteiger partial charge in [0.1, 0.15) is 0 Å².